The third-order valence-corrected chi connectivity index (χ3v) is 10.0. The predicted octanol–water partition coefficient (Wildman–Crippen LogP) is 8.60. The van der Waals surface area contributed by atoms with Crippen molar-refractivity contribution in [3.8, 4) is 22.3 Å². The predicted molar refractivity (Wildman–Crippen MR) is 170 cm³/mol. The standard InChI is InChI=1S/C35H20BN3S/c1-4-13-29-23(8-1)28-20-21(22-11-7-12-27-25-10-3-6-15-32(25)40-34(22)27)16-17-31(28)39-35-33-26(18-19-37-35)24-9-2-5-14-30(24)38(33)36(29)39/h1-20H. The van der Waals surface area contributed by atoms with Crippen LogP contribution in [0.25, 0.3) is 64.2 Å². The van der Waals surface area contributed by atoms with Gasteiger partial charge < -0.3 is 9.29 Å². The maximum atomic E-state index is 4.98. The Balaban J connectivity index is 1.26. The number of nitrogens with zero attached hydrogens (tertiary/aromatic N) is 3. The Labute approximate surface area is 234 Å². The van der Waals surface area contributed by atoms with Gasteiger partial charge in [-0.05, 0) is 52.5 Å². The molecule has 0 aliphatic carbocycles. The van der Waals surface area contributed by atoms with Crippen molar-refractivity contribution in [3.05, 3.63) is 121 Å². The first-order valence-electron chi connectivity index (χ1n) is 13.7. The van der Waals surface area contributed by atoms with E-state index >= 15 is 0 Å². The molecule has 5 heteroatoms. The van der Waals surface area contributed by atoms with Gasteiger partial charge in [-0.25, -0.2) is 4.98 Å². The van der Waals surface area contributed by atoms with Crippen LogP contribution in [0.2, 0.25) is 0 Å². The van der Waals surface area contributed by atoms with E-state index in [1.165, 1.54) is 75.4 Å². The van der Waals surface area contributed by atoms with Crippen molar-refractivity contribution in [1.82, 2.24) is 9.46 Å². The highest BCUT2D eigenvalue weighted by Crippen LogP contribution is 2.49. The van der Waals surface area contributed by atoms with E-state index < -0.39 is 0 Å². The minimum Gasteiger partial charge on any atom is -0.358 e. The minimum absolute atomic E-state index is 0.0351. The molecule has 0 N–H and O–H groups in total. The summed E-state index contributed by atoms with van der Waals surface area (Å²) in [5, 5.41) is 5.22. The van der Waals surface area contributed by atoms with Gasteiger partial charge in [-0.3, -0.25) is 0 Å². The molecule has 2 aliphatic heterocycles. The smallest absolute Gasteiger partial charge is 0.358 e. The second-order valence-electron chi connectivity index (χ2n) is 10.8. The highest BCUT2D eigenvalue weighted by atomic mass is 32.1. The molecule has 2 aliphatic rings. The molecule has 0 radical (unpaired) electrons. The fourth-order valence-electron chi connectivity index (χ4n) is 7.19. The van der Waals surface area contributed by atoms with Crippen molar-refractivity contribution in [3.63, 3.8) is 0 Å². The largest absolute Gasteiger partial charge is 0.422 e. The van der Waals surface area contributed by atoms with Crippen LogP contribution in [-0.4, -0.2) is 16.4 Å². The lowest BCUT2D eigenvalue weighted by Gasteiger charge is -2.34. The fourth-order valence-corrected chi connectivity index (χ4v) is 8.42. The lowest BCUT2D eigenvalue weighted by atomic mass is 9.60. The molecule has 3 aromatic heterocycles. The van der Waals surface area contributed by atoms with E-state index in [0.717, 1.165) is 5.82 Å². The molecule has 0 amide bonds. The molecular formula is C35H20BN3S. The molecule has 0 fully saturated rings. The van der Waals surface area contributed by atoms with Crippen LogP contribution in [0.3, 0.4) is 0 Å². The van der Waals surface area contributed by atoms with Crippen LogP contribution >= 0.6 is 11.3 Å². The van der Waals surface area contributed by atoms with E-state index in [1.54, 1.807) is 0 Å². The maximum absolute atomic E-state index is 4.98. The lowest BCUT2D eigenvalue weighted by Crippen LogP contribution is -2.51. The monoisotopic (exact) mass is 525 g/mol. The Morgan fingerprint density at radius 3 is 2.40 bits per heavy atom. The van der Waals surface area contributed by atoms with Crippen molar-refractivity contribution < 1.29 is 0 Å². The molecule has 8 aromatic rings. The third-order valence-electron chi connectivity index (χ3n) is 8.82. The van der Waals surface area contributed by atoms with E-state index in [4.69, 9.17) is 4.98 Å². The normalized spacial score (nSPS) is 13.4. The first kappa shape index (κ1) is 21.0. The van der Waals surface area contributed by atoms with Gasteiger partial charge in [0.2, 0.25) is 0 Å². The summed E-state index contributed by atoms with van der Waals surface area (Å²) < 4.78 is 5.18. The molecule has 184 valence electrons. The van der Waals surface area contributed by atoms with E-state index in [2.05, 4.69) is 125 Å². The quantitative estimate of drug-likeness (QED) is 0.200. The summed E-state index contributed by atoms with van der Waals surface area (Å²) in [6.45, 7) is 0.0351. The number of anilines is 2. The van der Waals surface area contributed by atoms with Crippen LogP contribution in [0.4, 0.5) is 11.5 Å². The molecule has 5 heterocycles. The van der Waals surface area contributed by atoms with Gasteiger partial charge in [0.1, 0.15) is 5.82 Å². The Hall–Kier alpha value is -4.87. The van der Waals surface area contributed by atoms with Crippen LogP contribution in [0, 0.1) is 0 Å². The summed E-state index contributed by atoms with van der Waals surface area (Å²) in [5.74, 6) is 1.04. The average molecular weight is 525 g/mol. The molecule has 0 saturated heterocycles. The SMILES string of the molecule is c1ccc2c(c1)B1N(c3ccc(-c4cccc5c4sc4ccccc45)cc3-2)c2nccc3c4ccccc4n1c23. The number of hydrogen-bond acceptors (Lipinski definition) is 3. The number of thiophene rings is 1. The molecule has 40 heavy (non-hydrogen) atoms. The fraction of sp³-hybridized carbons (Fsp3) is 0. The molecule has 0 atom stereocenters. The topological polar surface area (TPSA) is 21.1 Å². The number of hydrogen-bond donors (Lipinski definition) is 0. The second-order valence-corrected chi connectivity index (χ2v) is 11.8. The molecule has 10 rings (SSSR count). The average Bonchev–Trinajstić information content (AvgIpc) is 3.68. The highest BCUT2D eigenvalue weighted by molar-refractivity contribution is 7.26. The summed E-state index contributed by atoms with van der Waals surface area (Å²) in [5.41, 5.74) is 10.1. The van der Waals surface area contributed by atoms with Gasteiger partial charge in [0, 0.05) is 53.9 Å². The number of para-hydroxylation sites is 1. The Kier molecular flexibility index (Phi) is 3.89. The van der Waals surface area contributed by atoms with Crippen LogP contribution < -0.4 is 10.3 Å². The van der Waals surface area contributed by atoms with Crippen molar-refractivity contribution in [2.75, 3.05) is 4.81 Å². The number of benzene rings is 5. The number of rotatable bonds is 1. The van der Waals surface area contributed by atoms with Crippen LogP contribution in [0.5, 0.6) is 0 Å². The molecule has 0 bridgehead atoms. The van der Waals surface area contributed by atoms with Gasteiger partial charge in [0.15, 0.2) is 0 Å². The Morgan fingerprint density at radius 1 is 0.625 bits per heavy atom. The summed E-state index contributed by atoms with van der Waals surface area (Å²) in [6.07, 6.45) is 1.97. The van der Waals surface area contributed by atoms with Gasteiger partial charge in [0.05, 0.1) is 5.52 Å². The van der Waals surface area contributed by atoms with Gasteiger partial charge in [0.25, 0.3) is 0 Å². The van der Waals surface area contributed by atoms with Crippen molar-refractivity contribution in [2.24, 2.45) is 0 Å². The van der Waals surface area contributed by atoms with Gasteiger partial charge >= 0.3 is 6.98 Å². The van der Waals surface area contributed by atoms with Gasteiger partial charge in [-0.2, -0.15) is 0 Å². The van der Waals surface area contributed by atoms with Crippen molar-refractivity contribution in [2.45, 2.75) is 0 Å². The zero-order valence-electron chi connectivity index (χ0n) is 21.4. The molecule has 3 nitrogen and oxygen atoms in total. The van der Waals surface area contributed by atoms with E-state index in [0.29, 0.717) is 0 Å². The molecule has 0 saturated carbocycles. The maximum Gasteiger partial charge on any atom is 0.422 e. The summed E-state index contributed by atoms with van der Waals surface area (Å²) in [7, 11) is 0. The van der Waals surface area contributed by atoms with Crippen LogP contribution in [-0.2, 0) is 0 Å². The molecule has 0 spiro atoms. The van der Waals surface area contributed by atoms with Crippen molar-refractivity contribution >= 4 is 77.3 Å². The second kappa shape index (κ2) is 7.41. The van der Waals surface area contributed by atoms with E-state index in [1.807, 2.05) is 17.5 Å². The van der Waals surface area contributed by atoms with Gasteiger partial charge in [-0.15, -0.1) is 11.3 Å². The zero-order valence-corrected chi connectivity index (χ0v) is 22.2. The van der Waals surface area contributed by atoms with Crippen molar-refractivity contribution in [1.29, 1.82) is 0 Å². The third kappa shape index (κ3) is 2.49. The number of fused-ring (bicyclic) bond motifs is 14. The molecule has 0 unspecified atom stereocenters. The van der Waals surface area contributed by atoms with E-state index in [9.17, 15) is 0 Å². The summed E-state index contributed by atoms with van der Waals surface area (Å²) in [4.78, 5) is 7.44. The Bertz CT molecular complexity index is 2370. The van der Waals surface area contributed by atoms with Crippen LogP contribution in [0.15, 0.2) is 121 Å². The van der Waals surface area contributed by atoms with Crippen LogP contribution in [0.1, 0.15) is 0 Å². The molecular weight excluding hydrogens is 505 g/mol. The number of pyridine rings is 1. The highest BCUT2D eigenvalue weighted by Gasteiger charge is 2.45. The van der Waals surface area contributed by atoms with Gasteiger partial charge in [-0.1, -0.05) is 84.9 Å². The first-order chi connectivity index (χ1) is 19.9. The lowest BCUT2D eigenvalue weighted by molar-refractivity contribution is 1.26. The molecule has 5 aromatic carbocycles. The number of aromatic nitrogens is 2. The van der Waals surface area contributed by atoms with E-state index in [-0.39, 0.29) is 6.98 Å². The summed E-state index contributed by atoms with van der Waals surface area (Å²) in [6, 6.07) is 42.3. The zero-order chi connectivity index (χ0) is 25.9. The minimum atomic E-state index is 0.0351. The first-order valence-corrected chi connectivity index (χ1v) is 14.5. The summed E-state index contributed by atoms with van der Waals surface area (Å²) >= 11 is 1.89. The Morgan fingerprint density at radius 2 is 1.43 bits per heavy atom.